The van der Waals surface area contributed by atoms with Gasteiger partial charge >= 0.3 is 0 Å². The van der Waals surface area contributed by atoms with Gasteiger partial charge in [0.05, 0.1) is 11.8 Å². The third kappa shape index (κ3) is 2.85. The van der Waals surface area contributed by atoms with Crippen molar-refractivity contribution in [3.05, 3.63) is 24.0 Å². The summed E-state index contributed by atoms with van der Waals surface area (Å²) in [5.74, 6) is 0.356. The third-order valence-corrected chi connectivity index (χ3v) is 5.75. The molecule has 2 atom stereocenters. The average molecular weight is 299 g/mol. The Bertz CT molecular complexity index is 562. The van der Waals surface area contributed by atoms with Crippen molar-refractivity contribution in [2.75, 3.05) is 20.2 Å². The topological polar surface area (TPSA) is 85.5 Å². The molecule has 0 saturated carbocycles. The maximum atomic E-state index is 12.7. The van der Waals surface area contributed by atoms with Crippen LogP contribution in [0, 0.1) is 5.92 Å². The fourth-order valence-corrected chi connectivity index (χ4v) is 4.13. The SMILES string of the molecule is COC1CN(S(=O)(=O)c2cccnc2CN)CCC1C. The second-order valence-corrected chi connectivity index (χ2v) is 6.96. The van der Waals surface area contributed by atoms with Crippen molar-refractivity contribution in [2.24, 2.45) is 11.7 Å². The van der Waals surface area contributed by atoms with Crippen molar-refractivity contribution in [2.45, 2.75) is 30.9 Å². The zero-order chi connectivity index (χ0) is 14.8. The molecule has 2 N–H and O–H groups in total. The molecule has 112 valence electrons. The lowest BCUT2D eigenvalue weighted by Crippen LogP contribution is -2.46. The first-order valence-corrected chi connectivity index (χ1v) is 8.11. The summed E-state index contributed by atoms with van der Waals surface area (Å²) in [6.45, 7) is 3.06. The summed E-state index contributed by atoms with van der Waals surface area (Å²) in [7, 11) is -1.94. The molecule has 7 heteroatoms. The van der Waals surface area contributed by atoms with E-state index >= 15 is 0 Å². The van der Waals surface area contributed by atoms with E-state index in [0.29, 0.717) is 24.7 Å². The highest BCUT2D eigenvalue weighted by Gasteiger charge is 2.34. The van der Waals surface area contributed by atoms with Crippen molar-refractivity contribution in [1.82, 2.24) is 9.29 Å². The molecule has 0 amide bonds. The molecular formula is C13H21N3O3S. The normalized spacial score (nSPS) is 24.8. The minimum Gasteiger partial charge on any atom is -0.380 e. The molecule has 0 aromatic carbocycles. The van der Waals surface area contributed by atoms with Crippen molar-refractivity contribution < 1.29 is 13.2 Å². The van der Waals surface area contributed by atoms with Gasteiger partial charge in [0.2, 0.25) is 10.0 Å². The van der Waals surface area contributed by atoms with E-state index in [4.69, 9.17) is 10.5 Å². The number of rotatable bonds is 4. The Morgan fingerprint density at radius 3 is 2.95 bits per heavy atom. The van der Waals surface area contributed by atoms with Gasteiger partial charge in [0.1, 0.15) is 4.90 Å². The fourth-order valence-electron chi connectivity index (χ4n) is 2.48. The van der Waals surface area contributed by atoms with Crippen LogP contribution in [0.2, 0.25) is 0 Å². The number of nitrogens with zero attached hydrogens (tertiary/aromatic N) is 2. The lowest BCUT2D eigenvalue weighted by atomic mass is 9.97. The highest BCUT2D eigenvalue weighted by molar-refractivity contribution is 7.89. The predicted molar refractivity (Wildman–Crippen MR) is 75.5 cm³/mol. The van der Waals surface area contributed by atoms with Crippen molar-refractivity contribution in [3.8, 4) is 0 Å². The number of aromatic nitrogens is 1. The second-order valence-electron chi connectivity index (χ2n) is 5.06. The monoisotopic (exact) mass is 299 g/mol. The Kier molecular flexibility index (Phi) is 4.74. The number of piperidine rings is 1. The average Bonchev–Trinajstić information content (AvgIpc) is 2.47. The van der Waals surface area contributed by atoms with Gasteiger partial charge in [-0.1, -0.05) is 6.92 Å². The highest BCUT2D eigenvalue weighted by atomic mass is 32.2. The van der Waals surface area contributed by atoms with E-state index in [0.717, 1.165) is 6.42 Å². The Labute approximate surface area is 120 Å². The minimum atomic E-state index is -3.56. The van der Waals surface area contributed by atoms with Gasteiger partial charge in [-0.25, -0.2) is 8.42 Å². The van der Waals surface area contributed by atoms with Crippen LogP contribution in [0.15, 0.2) is 23.2 Å². The summed E-state index contributed by atoms with van der Waals surface area (Å²) >= 11 is 0. The molecule has 2 rings (SSSR count). The lowest BCUT2D eigenvalue weighted by molar-refractivity contribution is 0.0183. The minimum absolute atomic E-state index is 0.0727. The summed E-state index contributed by atoms with van der Waals surface area (Å²) in [5.41, 5.74) is 5.99. The molecule has 1 fully saturated rings. The number of pyridine rings is 1. The standard InChI is InChI=1S/C13H21N3O3S/c1-10-5-7-16(9-12(10)19-2)20(17,18)13-4-3-6-15-11(13)8-14/h3-4,6,10,12H,5,7-9,14H2,1-2H3. The van der Waals surface area contributed by atoms with Crippen LogP contribution < -0.4 is 5.73 Å². The molecule has 0 aliphatic carbocycles. The summed E-state index contributed by atoms with van der Waals surface area (Å²) in [5, 5.41) is 0. The molecule has 1 aromatic rings. The van der Waals surface area contributed by atoms with Crippen LogP contribution >= 0.6 is 0 Å². The van der Waals surface area contributed by atoms with Gasteiger partial charge in [-0.05, 0) is 24.5 Å². The molecule has 1 aliphatic heterocycles. The summed E-state index contributed by atoms with van der Waals surface area (Å²) < 4.78 is 32.3. The van der Waals surface area contributed by atoms with Gasteiger partial charge in [-0.15, -0.1) is 0 Å². The fraction of sp³-hybridized carbons (Fsp3) is 0.615. The molecule has 20 heavy (non-hydrogen) atoms. The van der Waals surface area contributed by atoms with Crippen LogP contribution in [-0.2, 0) is 21.3 Å². The third-order valence-electron chi connectivity index (χ3n) is 3.81. The van der Waals surface area contributed by atoms with Gasteiger partial charge in [-0.2, -0.15) is 4.31 Å². The van der Waals surface area contributed by atoms with Gasteiger partial charge in [0.15, 0.2) is 0 Å². The number of hydrogen-bond donors (Lipinski definition) is 1. The molecule has 2 heterocycles. The van der Waals surface area contributed by atoms with Gasteiger partial charge in [-0.3, -0.25) is 4.98 Å². The molecule has 0 spiro atoms. The van der Waals surface area contributed by atoms with Gasteiger partial charge in [0, 0.05) is 32.9 Å². The first kappa shape index (κ1) is 15.4. The smallest absolute Gasteiger partial charge is 0.245 e. The van der Waals surface area contributed by atoms with Crippen LogP contribution in [0.5, 0.6) is 0 Å². The van der Waals surface area contributed by atoms with E-state index < -0.39 is 10.0 Å². The van der Waals surface area contributed by atoms with Crippen LogP contribution in [0.1, 0.15) is 19.0 Å². The molecule has 1 aromatic heterocycles. The van der Waals surface area contributed by atoms with E-state index in [1.165, 1.54) is 4.31 Å². The Hall–Kier alpha value is -1.02. The molecule has 1 aliphatic rings. The first-order valence-electron chi connectivity index (χ1n) is 6.67. The zero-order valence-electron chi connectivity index (χ0n) is 11.8. The Balaban J connectivity index is 2.31. The number of ether oxygens (including phenoxy) is 1. The predicted octanol–water partition coefficient (Wildman–Crippen LogP) is 0.586. The second kappa shape index (κ2) is 6.17. The van der Waals surface area contributed by atoms with Crippen molar-refractivity contribution >= 4 is 10.0 Å². The number of methoxy groups -OCH3 is 1. The summed E-state index contributed by atoms with van der Waals surface area (Å²) in [6, 6.07) is 3.18. The molecular weight excluding hydrogens is 278 g/mol. The van der Waals surface area contributed by atoms with Crippen LogP contribution in [0.3, 0.4) is 0 Å². The quantitative estimate of drug-likeness (QED) is 0.879. The zero-order valence-corrected chi connectivity index (χ0v) is 12.6. The molecule has 0 bridgehead atoms. The van der Waals surface area contributed by atoms with Crippen LogP contribution in [0.25, 0.3) is 0 Å². The Morgan fingerprint density at radius 1 is 1.55 bits per heavy atom. The van der Waals surface area contributed by atoms with Crippen molar-refractivity contribution in [3.63, 3.8) is 0 Å². The number of hydrogen-bond acceptors (Lipinski definition) is 5. The molecule has 0 radical (unpaired) electrons. The van der Waals surface area contributed by atoms with E-state index in [1.54, 1.807) is 25.4 Å². The largest absolute Gasteiger partial charge is 0.380 e. The first-order chi connectivity index (χ1) is 9.50. The van der Waals surface area contributed by atoms with Gasteiger partial charge < -0.3 is 10.5 Å². The highest BCUT2D eigenvalue weighted by Crippen LogP contribution is 2.26. The van der Waals surface area contributed by atoms with E-state index in [2.05, 4.69) is 11.9 Å². The molecule has 2 unspecified atom stereocenters. The van der Waals surface area contributed by atoms with Crippen molar-refractivity contribution in [1.29, 1.82) is 0 Å². The summed E-state index contributed by atoms with van der Waals surface area (Å²) in [4.78, 5) is 4.25. The lowest BCUT2D eigenvalue weighted by Gasteiger charge is -2.35. The number of sulfonamides is 1. The van der Waals surface area contributed by atoms with Crippen LogP contribution in [0.4, 0.5) is 0 Å². The van der Waals surface area contributed by atoms with E-state index in [-0.39, 0.29) is 17.5 Å². The maximum absolute atomic E-state index is 12.7. The van der Waals surface area contributed by atoms with E-state index in [9.17, 15) is 8.42 Å². The number of nitrogens with two attached hydrogens (primary N) is 1. The summed E-state index contributed by atoms with van der Waals surface area (Å²) in [6.07, 6.45) is 2.27. The molecule has 1 saturated heterocycles. The van der Waals surface area contributed by atoms with E-state index in [1.807, 2.05) is 0 Å². The maximum Gasteiger partial charge on any atom is 0.245 e. The van der Waals surface area contributed by atoms with Gasteiger partial charge in [0.25, 0.3) is 0 Å². The van der Waals surface area contributed by atoms with Crippen LogP contribution in [-0.4, -0.2) is 44.0 Å². The molecule has 6 nitrogen and oxygen atoms in total. The Morgan fingerprint density at radius 2 is 2.30 bits per heavy atom.